The van der Waals surface area contributed by atoms with Crippen LogP contribution in [0.3, 0.4) is 0 Å². The van der Waals surface area contributed by atoms with E-state index in [9.17, 15) is 9.59 Å². The van der Waals surface area contributed by atoms with Gasteiger partial charge in [-0.3, -0.25) is 14.9 Å². The number of hydrogen-bond acceptors (Lipinski definition) is 4. The van der Waals surface area contributed by atoms with Crippen LogP contribution in [-0.2, 0) is 19.9 Å². The lowest BCUT2D eigenvalue weighted by Crippen LogP contribution is -2.20. The molecule has 1 atom stereocenters. The Balaban J connectivity index is 1.75. The smallest absolute Gasteiger partial charge is 0.257 e. The zero-order valence-electron chi connectivity index (χ0n) is 13.6. The van der Waals surface area contributed by atoms with Gasteiger partial charge in [0, 0.05) is 29.8 Å². The highest BCUT2D eigenvalue weighted by atomic mass is 32.1. The summed E-state index contributed by atoms with van der Waals surface area (Å²) in [5.74, 6) is 1.08. The highest BCUT2D eigenvalue weighted by Crippen LogP contribution is 2.35. The number of rotatable bonds is 3. The van der Waals surface area contributed by atoms with Gasteiger partial charge in [-0.1, -0.05) is 13.8 Å². The molecule has 0 aromatic carbocycles. The lowest BCUT2D eigenvalue weighted by molar-refractivity contribution is 0.102. The number of amides is 1. The van der Waals surface area contributed by atoms with Crippen molar-refractivity contribution in [3.63, 3.8) is 0 Å². The van der Waals surface area contributed by atoms with Crippen molar-refractivity contribution < 1.29 is 4.79 Å². The number of nitrogens with zero attached hydrogens (tertiary/aromatic N) is 2. The lowest BCUT2D eigenvalue weighted by atomic mass is 9.83. The molecule has 0 saturated heterocycles. The van der Waals surface area contributed by atoms with Crippen LogP contribution in [0.1, 0.15) is 41.2 Å². The first-order chi connectivity index (χ1) is 10.9. The summed E-state index contributed by atoms with van der Waals surface area (Å²) in [5.41, 5.74) is 1.28. The number of aryl methyl sites for hydroxylation is 2. The Hall–Kier alpha value is -1.95. The van der Waals surface area contributed by atoms with Gasteiger partial charge in [0.1, 0.15) is 0 Å². The third kappa shape index (κ3) is 3.37. The fourth-order valence-corrected chi connectivity index (χ4v) is 3.98. The second-order valence-electron chi connectivity index (χ2n) is 6.45. The van der Waals surface area contributed by atoms with Crippen LogP contribution in [0.5, 0.6) is 0 Å². The molecule has 0 spiro atoms. The summed E-state index contributed by atoms with van der Waals surface area (Å²) in [6.07, 6.45) is 4.79. The fraction of sp³-hybridized carbons (Fsp3) is 0.471. The number of pyridine rings is 1. The highest BCUT2D eigenvalue weighted by molar-refractivity contribution is 7.15. The molecule has 0 bridgehead atoms. The second-order valence-corrected chi connectivity index (χ2v) is 7.54. The zero-order chi connectivity index (χ0) is 16.6. The second kappa shape index (κ2) is 6.28. The van der Waals surface area contributed by atoms with Crippen molar-refractivity contribution in [3.8, 4) is 0 Å². The molecule has 0 fully saturated rings. The molecule has 2 aromatic heterocycles. The third-order valence-corrected chi connectivity index (χ3v) is 5.54. The first-order valence-corrected chi connectivity index (χ1v) is 8.72. The maximum Gasteiger partial charge on any atom is 0.257 e. The zero-order valence-corrected chi connectivity index (χ0v) is 14.4. The molecule has 0 saturated carbocycles. The van der Waals surface area contributed by atoms with Crippen LogP contribution in [0, 0.1) is 11.8 Å². The third-order valence-electron chi connectivity index (χ3n) is 4.51. The molecular weight excluding hydrogens is 310 g/mol. The number of anilines is 1. The Morgan fingerprint density at radius 3 is 2.96 bits per heavy atom. The van der Waals surface area contributed by atoms with Gasteiger partial charge >= 0.3 is 0 Å². The predicted octanol–water partition coefficient (Wildman–Crippen LogP) is 2.86. The van der Waals surface area contributed by atoms with Gasteiger partial charge in [0.2, 0.25) is 0 Å². The number of carbonyl (C=O) groups excluding carboxylic acids is 1. The van der Waals surface area contributed by atoms with Gasteiger partial charge in [0.15, 0.2) is 5.13 Å². The van der Waals surface area contributed by atoms with Gasteiger partial charge in [-0.05, 0) is 37.2 Å². The van der Waals surface area contributed by atoms with Gasteiger partial charge in [-0.15, -0.1) is 11.3 Å². The molecule has 1 unspecified atom stereocenters. The minimum absolute atomic E-state index is 0.198. The summed E-state index contributed by atoms with van der Waals surface area (Å²) < 4.78 is 1.44. The number of fused-ring (bicyclic) bond motifs is 1. The fourth-order valence-electron chi connectivity index (χ4n) is 2.88. The topological polar surface area (TPSA) is 64.0 Å². The summed E-state index contributed by atoms with van der Waals surface area (Å²) in [6.45, 7) is 4.52. The number of thiazole rings is 1. The summed E-state index contributed by atoms with van der Waals surface area (Å²) >= 11 is 1.56. The van der Waals surface area contributed by atoms with Gasteiger partial charge in [0.25, 0.3) is 11.5 Å². The van der Waals surface area contributed by atoms with Crippen LogP contribution in [-0.4, -0.2) is 15.5 Å². The van der Waals surface area contributed by atoms with E-state index in [4.69, 9.17) is 0 Å². The SMILES string of the molecule is CC(C)C1CCc2nc(NC(=O)c3ccn(C)c(=O)c3)sc2C1. The average Bonchev–Trinajstić information content (AvgIpc) is 2.90. The van der Waals surface area contributed by atoms with E-state index in [2.05, 4.69) is 24.1 Å². The Labute approximate surface area is 139 Å². The largest absolute Gasteiger partial charge is 0.319 e. The maximum absolute atomic E-state index is 12.3. The van der Waals surface area contributed by atoms with Crippen molar-refractivity contribution in [1.82, 2.24) is 9.55 Å². The van der Waals surface area contributed by atoms with Crippen molar-refractivity contribution in [2.75, 3.05) is 5.32 Å². The number of carbonyl (C=O) groups is 1. The quantitative estimate of drug-likeness (QED) is 0.940. The van der Waals surface area contributed by atoms with Crippen LogP contribution in [0.2, 0.25) is 0 Å². The van der Waals surface area contributed by atoms with Crippen molar-refractivity contribution in [3.05, 3.63) is 44.8 Å². The molecule has 0 aliphatic heterocycles. The molecule has 1 N–H and O–H groups in total. The molecule has 23 heavy (non-hydrogen) atoms. The molecule has 5 nitrogen and oxygen atoms in total. The molecule has 122 valence electrons. The Morgan fingerprint density at radius 1 is 1.48 bits per heavy atom. The summed E-state index contributed by atoms with van der Waals surface area (Å²) in [5, 5.41) is 3.46. The molecular formula is C17H21N3O2S. The molecule has 2 heterocycles. The van der Waals surface area contributed by atoms with E-state index in [1.54, 1.807) is 30.6 Å². The molecule has 1 aliphatic rings. The summed E-state index contributed by atoms with van der Waals surface area (Å²) in [7, 11) is 1.66. The molecule has 1 aliphatic carbocycles. The number of hydrogen-bond donors (Lipinski definition) is 1. The van der Waals surface area contributed by atoms with E-state index < -0.39 is 0 Å². The van der Waals surface area contributed by atoms with Gasteiger partial charge in [0.05, 0.1) is 5.69 Å². The molecule has 2 aromatic rings. The van der Waals surface area contributed by atoms with Crippen LogP contribution in [0.25, 0.3) is 0 Å². The van der Waals surface area contributed by atoms with Gasteiger partial charge < -0.3 is 4.57 Å². The minimum Gasteiger partial charge on any atom is -0.319 e. The molecule has 6 heteroatoms. The monoisotopic (exact) mass is 331 g/mol. The summed E-state index contributed by atoms with van der Waals surface area (Å²) in [4.78, 5) is 29.7. The van der Waals surface area contributed by atoms with Crippen LogP contribution >= 0.6 is 11.3 Å². The molecule has 1 amide bonds. The first-order valence-electron chi connectivity index (χ1n) is 7.90. The Kier molecular flexibility index (Phi) is 4.35. The van der Waals surface area contributed by atoms with E-state index >= 15 is 0 Å². The highest BCUT2D eigenvalue weighted by Gasteiger charge is 2.25. The molecule has 3 rings (SSSR count). The van der Waals surface area contributed by atoms with Gasteiger partial charge in [-0.2, -0.15) is 0 Å². The van der Waals surface area contributed by atoms with Crippen molar-refractivity contribution >= 4 is 22.4 Å². The predicted molar refractivity (Wildman–Crippen MR) is 92.1 cm³/mol. The summed E-state index contributed by atoms with van der Waals surface area (Å²) in [6, 6.07) is 2.98. The van der Waals surface area contributed by atoms with E-state index in [1.807, 2.05) is 0 Å². The van der Waals surface area contributed by atoms with Gasteiger partial charge in [-0.25, -0.2) is 4.98 Å². The van der Waals surface area contributed by atoms with E-state index in [0.29, 0.717) is 22.5 Å². The Morgan fingerprint density at radius 2 is 2.26 bits per heavy atom. The lowest BCUT2D eigenvalue weighted by Gasteiger charge is -2.24. The van der Waals surface area contributed by atoms with Crippen molar-refractivity contribution in [2.24, 2.45) is 18.9 Å². The standard InChI is InChI=1S/C17H21N3O2S/c1-10(2)11-4-5-13-14(8-11)23-17(18-13)19-16(22)12-6-7-20(3)15(21)9-12/h6-7,9-11H,4-5,8H2,1-3H3,(H,18,19,22). The van der Waals surface area contributed by atoms with Crippen LogP contribution < -0.4 is 10.9 Å². The number of aromatic nitrogens is 2. The normalized spacial score (nSPS) is 17.1. The molecule has 0 radical (unpaired) electrons. The van der Waals surface area contributed by atoms with Crippen LogP contribution in [0.15, 0.2) is 23.1 Å². The van der Waals surface area contributed by atoms with E-state index in [0.717, 1.165) is 25.0 Å². The van der Waals surface area contributed by atoms with E-state index in [-0.39, 0.29) is 11.5 Å². The van der Waals surface area contributed by atoms with E-state index in [1.165, 1.54) is 15.5 Å². The van der Waals surface area contributed by atoms with Crippen molar-refractivity contribution in [1.29, 1.82) is 0 Å². The Bertz CT molecular complexity index is 791. The first kappa shape index (κ1) is 15.9. The maximum atomic E-state index is 12.3. The average molecular weight is 331 g/mol. The van der Waals surface area contributed by atoms with Crippen molar-refractivity contribution in [2.45, 2.75) is 33.1 Å². The number of nitrogens with one attached hydrogen (secondary N) is 1. The minimum atomic E-state index is -0.283. The van der Waals surface area contributed by atoms with Crippen LogP contribution in [0.4, 0.5) is 5.13 Å².